The number of hydrogen-bond acceptors (Lipinski definition) is 3. The Balaban J connectivity index is 2.09. The first-order valence-corrected chi connectivity index (χ1v) is 7.52. The SMILES string of the molecule is Cc1occc1CN(C)C1(CN)CCCC(C)CC1. The third-order valence-electron chi connectivity index (χ3n) is 5.01. The van der Waals surface area contributed by atoms with Gasteiger partial charge >= 0.3 is 0 Å². The van der Waals surface area contributed by atoms with E-state index in [4.69, 9.17) is 10.2 Å². The van der Waals surface area contributed by atoms with Crippen molar-refractivity contribution in [3.63, 3.8) is 0 Å². The molecular weight excluding hydrogens is 236 g/mol. The predicted molar refractivity (Wildman–Crippen MR) is 78.9 cm³/mol. The summed E-state index contributed by atoms with van der Waals surface area (Å²) >= 11 is 0. The monoisotopic (exact) mass is 264 g/mol. The van der Waals surface area contributed by atoms with Crippen LogP contribution >= 0.6 is 0 Å². The van der Waals surface area contributed by atoms with Gasteiger partial charge in [-0.05, 0) is 45.2 Å². The molecule has 0 aromatic carbocycles. The Bertz CT molecular complexity index is 401. The Labute approximate surface area is 117 Å². The molecule has 19 heavy (non-hydrogen) atoms. The molecular formula is C16H28N2O. The molecule has 1 fully saturated rings. The second-order valence-corrected chi connectivity index (χ2v) is 6.32. The van der Waals surface area contributed by atoms with Gasteiger partial charge in [0.15, 0.2) is 0 Å². The van der Waals surface area contributed by atoms with Gasteiger partial charge in [-0.25, -0.2) is 0 Å². The minimum atomic E-state index is 0.175. The van der Waals surface area contributed by atoms with E-state index in [9.17, 15) is 0 Å². The first kappa shape index (κ1) is 14.6. The maximum absolute atomic E-state index is 6.16. The average Bonchev–Trinajstić information content (AvgIpc) is 2.69. The lowest BCUT2D eigenvalue weighted by atomic mass is 9.87. The summed E-state index contributed by atoms with van der Waals surface area (Å²) in [6, 6.07) is 2.08. The molecule has 108 valence electrons. The Morgan fingerprint density at radius 2 is 2.21 bits per heavy atom. The minimum absolute atomic E-state index is 0.175. The summed E-state index contributed by atoms with van der Waals surface area (Å²) in [4.78, 5) is 2.46. The van der Waals surface area contributed by atoms with Gasteiger partial charge in [0.05, 0.1) is 6.26 Å². The Kier molecular flexibility index (Phi) is 4.69. The molecule has 3 heteroatoms. The van der Waals surface area contributed by atoms with E-state index in [-0.39, 0.29) is 5.54 Å². The lowest BCUT2D eigenvalue weighted by Crippen LogP contribution is -2.51. The molecule has 0 amide bonds. The van der Waals surface area contributed by atoms with Crippen LogP contribution in [0.5, 0.6) is 0 Å². The third-order valence-corrected chi connectivity index (χ3v) is 5.01. The summed E-state index contributed by atoms with van der Waals surface area (Å²) in [5.74, 6) is 1.87. The van der Waals surface area contributed by atoms with E-state index in [1.807, 2.05) is 6.92 Å². The molecule has 2 rings (SSSR count). The normalized spacial score (nSPS) is 28.6. The van der Waals surface area contributed by atoms with Gasteiger partial charge in [-0.3, -0.25) is 4.90 Å². The van der Waals surface area contributed by atoms with Crippen molar-refractivity contribution in [2.75, 3.05) is 13.6 Å². The van der Waals surface area contributed by atoms with Crippen LogP contribution in [0.2, 0.25) is 0 Å². The molecule has 0 saturated heterocycles. The van der Waals surface area contributed by atoms with E-state index >= 15 is 0 Å². The molecule has 1 aromatic rings. The Hall–Kier alpha value is -0.800. The highest BCUT2D eigenvalue weighted by Crippen LogP contribution is 2.34. The number of nitrogens with two attached hydrogens (primary N) is 1. The van der Waals surface area contributed by atoms with Crippen LogP contribution in [0.1, 0.15) is 50.4 Å². The Morgan fingerprint density at radius 1 is 1.42 bits per heavy atom. The summed E-state index contributed by atoms with van der Waals surface area (Å²) in [5, 5.41) is 0. The molecule has 0 spiro atoms. The highest BCUT2D eigenvalue weighted by molar-refractivity contribution is 5.15. The van der Waals surface area contributed by atoms with Gasteiger partial charge in [-0.2, -0.15) is 0 Å². The molecule has 2 atom stereocenters. The number of hydrogen-bond donors (Lipinski definition) is 1. The molecule has 1 aromatic heterocycles. The van der Waals surface area contributed by atoms with Crippen LogP contribution in [0.4, 0.5) is 0 Å². The van der Waals surface area contributed by atoms with Crippen LogP contribution in [-0.2, 0) is 6.54 Å². The van der Waals surface area contributed by atoms with Gasteiger partial charge in [0.25, 0.3) is 0 Å². The lowest BCUT2D eigenvalue weighted by molar-refractivity contribution is 0.0982. The summed E-state index contributed by atoms with van der Waals surface area (Å²) in [6.07, 6.45) is 8.17. The van der Waals surface area contributed by atoms with Crippen molar-refractivity contribution >= 4 is 0 Å². The van der Waals surface area contributed by atoms with Crippen LogP contribution in [-0.4, -0.2) is 24.0 Å². The predicted octanol–water partition coefficient (Wildman–Crippen LogP) is 3.32. The highest BCUT2D eigenvalue weighted by Gasteiger charge is 2.35. The van der Waals surface area contributed by atoms with E-state index in [0.29, 0.717) is 0 Å². The van der Waals surface area contributed by atoms with Gasteiger partial charge in [-0.1, -0.05) is 19.8 Å². The second-order valence-electron chi connectivity index (χ2n) is 6.32. The zero-order valence-electron chi connectivity index (χ0n) is 12.6. The summed E-state index contributed by atoms with van der Waals surface area (Å²) in [5.41, 5.74) is 7.62. The van der Waals surface area contributed by atoms with Gasteiger partial charge in [-0.15, -0.1) is 0 Å². The molecule has 0 radical (unpaired) electrons. The Morgan fingerprint density at radius 3 is 2.84 bits per heavy atom. The van der Waals surface area contributed by atoms with Gasteiger partial charge in [0.1, 0.15) is 5.76 Å². The fourth-order valence-electron chi connectivity index (χ4n) is 3.30. The van der Waals surface area contributed by atoms with Crippen molar-refractivity contribution in [3.8, 4) is 0 Å². The molecule has 0 bridgehead atoms. The fraction of sp³-hybridized carbons (Fsp3) is 0.750. The fourth-order valence-corrected chi connectivity index (χ4v) is 3.30. The van der Waals surface area contributed by atoms with Crippen molar-refractivity contribution in [3.05, 3.63) is 23.7 Å². The van der Waals surface area contributed by atoms with E-state index in [1.165, 1.54) is 37.7 Å². The summed E-state index contributed by atoms with van der Waals surface area (Å²) < 4.78 is 5.40. The average molecular weight is 264 g/mol. The van der Waals surface area contributed by atoms with Gasteiger partial charge in [0.2, 0.25) is 0 Å². The van der Waals surface area contributed by atoms with Crippen molar-refractivity contribution < 1.29 is 4.42 Å². The van der Waals surface area contributed by atoms with Crippen molar-refractivity contribution in [1.82, 2.24) is 4.90 Å². The molecule has 2 unspecified atom stereocenters. The number of aryl methyl sites for hydroxylation is 1. The van der Waals surface area contributed by atoms with Crippen molar-refractivity contribution in [2.45, 2.75) is 58.0 Å². The lowest BCUT2D eigenvalue weighted by Gasteiger charge is -2.41. The quantitative estimate of drug-likeness (QED) is 0.848. The first-order valence-electron chi connectivity index (χ1n) is 7.52. The summed E-state index contributed by atoms with van der Waals surface area (Å²) in [6.45, 7) is 6.10. The maximum Gasteiger partial charge on any atom is 0.105 e. The van der Waals surface area contributed by atoms with Crippen LogP contribution in [0, 0.1) is 12.8 Å². The van der Waals surface area contributed by atoms with Crippen LogP contribution < -0.4 is 5.73 Å². The standard InChI is InChI=1S/C16H28N2O/c1-13-5-4-8-16(12-17,9-6-13)18(3)11-15-7-10-19-14(15)2/h7,10,13H,4-6,8-9,11-12,17H2,1-3H3. The second kappa shape index (κ2) is 6.10. The van der Waals surface area contributed by atoms with E-state index in [1.54, 1.807) is 6.26 Å². The van der Waals surface area contributed by atoms with Gasteiger partial charge in [0, 0.05) is 24.2 Å². The number of likely N-dealkylation sites (N-methyl/N-ethyl adjacent to an activating group) is 1. The molecule has 1 saturated carbocycles. The maximum atomic E-state index is 6.16. The van der Waals surface area contributed by atoms with Crippen LogP contribution in [0.25, 0.3) is 0 Å². The van der Waals surface area contributed by atoms with Crippen LogP contribution in [0.15, 0.2) is 16.7 Å². The molecule has 3 nitrogen and oxygen atoms in total. The molecule has 1 heterocycles. The third kappa shape index (κ3) is 3.21. The van der Waals surface area contributed by atoms with Crippen molar-refractivity contribution in [1.29, 1.82) is 0 Å². The number of rotatable bonds is 4. The minimum Gasteiger partial charge on any atom is -0.469 e. The number of nitrogens with zero attached hydrogens (tertiary/aromatic N) is 1. The zero-order valence-corrected chi connectivity index (χ0v) is 12.6. The molecule has 2 N–H and O–H groups in total. The van der Waals surface area contributed by atoms with Crippen molar-refractivity contribution in [2.24, 2.45) is 11.7 Å². The largest absolute Gasteiger partial charge is 0.469 e. The zero-order chi connectivity index (χ0) is 13.9. The highest BCUT2D eigenvalue weighted by atomic mass is 16.3. The molecule has 0 aliphatic heterocycles. The van der Waals surface area contributed by atoms with E-state index in [2.05, 4.69) is 24.9 Å². The van der Waals surface area contributed by atoms with E-state index < -0.39 is 0 Å². The smallest absolute Gasteiger partial charge is 0.105 e. The first-order chi connectivity index (χ1) is 9.07. The topological polar surface area (TPSA) is 42.4 Å². The summed E-state index contributed by atoms with van der Waals surface area (Å²) in [7, 11) is 2.22. The van der Waals surface area contributed by atoms with Crippen LogP contribution in [0.3, 0.4) is 0 Å². The number of furan rings is 1. The van der Waals surface area contributed by atoms with E-state index in [0.717, 1.165) is 24.8 Å². The molecule has 1 aliphatic carbocycles. The molecule has 1 aliphatic rings. The van der Waals surface area contributed by atoms with Gasteiger partial charge < -0.3 is 10.2 Å².